The lowest BCUT2D eigenvalue weighted by Gasteiger charge is -2.33. The largest absolute Gasteiger partial charge is 0.352 e. The van der Waals surface area contributed by atoms with E-state index in [0.717, 1.165) is 25.9 Å². The van der Waals surface area contributed by atoms with E-state index >= 15 is 0 Å². The summed E-state index contributed by atoms with van der Waals surface area (Å²) in [6, 6.07) is 0.372. The van der Waals surface area contributed by atoms with E-state index in [1.807, 2.05) is 0 Å². The minimum Gasteiger partial charge on any atom is -0.352 e. The molecule has 0 aromatic rings. The lowest BCUT2D eigenvalue weighted by Crippen LogP contribution is -2.48. The van der Waals surface area contributed by atoms with Crippen LogP contribution in [0.3, 0.4) is 0 Å². The third-order valence-corrected chi connectivity index (χ3v) is 4.57. The van der Waals surface area contributed by atoms with Crippen LogP contribution in [0, 0.1) is 11.3 Å². The SMILES string of the molecule is CCCN(CC(=O)NC1CCCCC1C)CC(C)(C)CN. The minimum absolute atomic E-state index is 0.0631. The molecule has 0 aromatic heterocycles. The molecule has 4 heteroatoms. The van der Waals surface area contributed by atoms with Gasteiger partial charge in [-0.25, -0.2) is 0 Å². The van der Waals surface area contributed by atoms with E-state index in [2.05, 4.69) is 37.9 Å². The molecule has 0 saturated heterocycles. The first-order valence-electron chi connectivity index (χ1n) is 8.59. The maximum Gasteiger partial charge on any atom is 0.234 e. The van der Waals surface area contributed by atoms with Crippen molar-refractivity contribution in [3.05, 3.63) is 0 Å². The van der Waals surface area contributed by atoms with Crippen LogP contribution in [-0.2, 0) is 4.79 Å². The van der Waals surface area contributed by atoms with Crippen molar-refractivity contribution in [1.29, 1.82) is 0 Å². The summed E-state index contributed by atoms with van der Waals surface area (Å²) in [4.78, 5) is 14.6. The number of amides is 1. The Hall–Kier alpha value is -0.610. The van der Waals surface area contributed by atoms with Crippen molar-refractivity contribution < 1.29 is 4.79 Å². The van der Waals surface area contributed by atoms with Crippen LogP contribution in [0.25, 0.3) is 0 Å². The van der Waals surface area contributed by atoms with Crippen molar-refractivity contribution in [2.24, 2.45) is 17.1 Å². The van der Waals surface area contributed by atoms with Gasteiger partial charge in [-0.1, -0.05) is 40.5 Å². The van der Waals surface area contributed by atoms with Crippen molar-refractivity contribution in [1.82, 2.24) is 10.2 Å². The molecule has 124 valence electrons. The molecule has 1 aliphatic carbocycles. The second-order valence-electron chi connectivity index (χ2n) is 7.51. The number of hydrogen-bond acceptors (Lipinski definition) is 3. The summed E-state index contributed by atoms with van der Waals surface area (Å²) in [5, 5.41) is 3.25. The first-order chi connectivity index (χ1) is 9.88. The average molecular weight is 297 g/mol. The molecule has 0 aliphatic heterocycles. The molecular formula is C17H35N3O. The van der Waals surface area contributed by atoms with Crippen molar-refractivity contribution >= 4 is 5.91 Å². The van der Waals surface area contributed by atoms with Crippen LogP contribution in [0.2, 0.25) is 0 Å². The van der Waals surface area contributed by atoms with Gasteiger partial charge in [0.05, 0.1) is 6.54 Å². The smallest absolute Gasteiger partial charge is 0.234 e. The third-order valence-electron chi connectivity index (χ3n) is 4.57. The standard InChI is InChI=1S/C17H35N3O/c1-5-10-20(13-17(3,4)12-18)11-16(21)19-15-9-7-6-8-14(15)2/h14-15H,5-13,18H2,1-4H3,(H,19,21). The summed E-state index contributed by atoms with van der Waals surface area (Å²) in [5.74, 6) is 0.790. The van der Waals surface area contributed by atoms with Crippen LogP contribution in [0.4, 0.5) is 0 Å². The van der Waals surface area contributed by atoms with E-state index in [9.17, 15) is 4.79 Å². The Morgan fingerprint density at radius 1 is 1.33 bits per heavy atom. The molecule has 0 bridgehead atoms. The predicted molar refractivity (Wildman–Crippen MR) is 89.1 cm³/mol. The van der Waals surface area contributed by atoms with Gasteiger partial charge in [-0.05, 0) is 43.7 Å². The number of nitrogens with one attached hydrogen (secondary N) is 1. The van der Waals surface area contributed by atoms with Crippen LogP contribution < -0.4 is 11.1 Å². The fourth-order valence-electron chi connectivity index (χ4n) is 3.19. The first kappa shape index (κ1) is 18.4. The Morgan fingerprint density at radius 3 is 2.57 bits per heavy atom. The van der Waals surface area contributed by atoms with Gasteiger partial charge >= 0.3 is 0 Å². The van der Waals surface area contributed by atoms with Gasteiger partial charge in [-0.2, -0.15) is 0 Å². The van der Waals surface area contributed by atoms with Gasteiger partial charge in [0.1, 0.15) is 0 Å². The zero-order chi connectivity index (χ0) is 15.9. The summed E-state index contributed by atoms with van der Waals surface area (Å²) >= 11 is 0. The minimum atomic E-state index is 0.0631. The number of carbonyl (C=O) groups is 1. The molecule has 21 heavy (non-hydrogen) atoms. The summed E-state index contributed by atoms with van der Waals surface area (Å²) in [5.41, 5.74) is 5.89. The molecule has 4 nitrogen and oxygen atoms in total. The highest BCUT2D eigenvalue weighted by Gasteiger charge is 2.25. The summed E-state index contributed by atoms with van der Waals surface area (Å²) in [6.45, 7) is 11.7. The molecule has 1 fully saturated rings. The second kappa shape index (κ2) is 8.74. The fraction of sp³-hybridized carbons (Fsp3) is 0.941. The Bertz CT molecular complexity index is 317. The number of carbonyl (C=O) groups excluding carboxylic acids is 1. The Labute approximate surface area is 130 Å². The van der Waals surface area contributed by atoms with Crippen LogP contribution in [-0.4, -0.2) is 43.0 Å². The van der Waals surface area contributed by atoms with Gasteiger partial charge in [-0.3, -0.25) is 9.69 Å². The third kappa shape index (κ3) is 6.79. The molecule has 0 aromatic carbocycles. The Balaban J connectivity index is 2.47. The maximum absolute atomic E-state index is 12.3. The first-order valence-corrected chi connectivity index (χ1v) is 8.59. The molecule has 2 unspecified atom stereocenters. The molecule has 1 amide bonds. The number of hydrogen-bond donors (Lipinski definition) is 2. The highest BCUT2D eigenvalue weighted by Crippen LogP contribution is 2.23. The number of nitrogens with zero attached hydrogens (tertiary/aromatic N) is 1. The lowest BCUT2D eigenvalue weighted by atomic mass is 9.86. The van der Waals surface area contributed by atoms with Gasteiger partial charge in [0, 0.05) is 12.6 Å². The molecule has 1 rings (SSSR count). The van der Waals surface area contributed by atoms with E-state index in [1.165, 1.54) is 19.3 Å². The Kier molecular flexibility index (Phi) is 7.67. The molecular weight excluding hydrogens is 262 g/mol. The topological polar surface area (TPSA) is 58.4 Å². The van der Waals surface area contributed by atoms with Crippen LogP contribution in [0.1, 0.15) is 59.8 Å². The summed E-state index contributed by atoms with van der Waals surface area (Å²) in [6.07, 6.45) is 5.99. The fourth-order valence-corrected chi connectivity index (χ4v) is 3.19. The Morgan fingerprint density at radius 2 is 2.00 bits per heavy atom. The molecule has 2 atom stereocenters. The summed E-state index contributed by atoms with van der Waals surface area (Å²) in [7, 11) is 0. The van der Waals surface area contributed by atoms with E-state index in [0.29, 0.717) is 25.0 Å². The lowest BCUT2D eigenvalue weighted by molar-refractivity contribution is -0.123. The molecule has 0 radical (unpaired) electrons. The maximum atomic E-state index is 12.3. The van der Waals surface area contributed by atoms with Crippen LogP contribution >= 0.6 is 0 Å². The quantitative estimate of drug-likeness (QED) is 0.723. The second-order valence-corrected chi connectivity index (χ2v) is 7.51. The highest BCUT2D eigenvalue weighted by molar-refractivity contribution is 5.78. The molecule has 1 saturated carbocycles. The number of rotatable bonds is 8. The predicted octanol–water partition coefficient (Wildman–Crippen LogP) is 2.38. The van der Waals surface area contributed by atoms with Crippen molar-refractivity contribution in [2.75, 3.05) is 26.2 Å². The van der Waals surface area contributed by atoms with Gasteiger partial charge in [0.2, 0.25) is 5.91 Å². The van der Waals surface area contributed by atoms with Gasteiger partial charge in [0.15, 0.2) is 0 Å². The van der Waals surface area contributed by atoms with Gasteiger partial charge in [-0.15, -0.1) is 0 Å². The van der Waals surface area contributed by atoms with Crippen LogP contribution in [0.5, 0.6) is 0 Å². The molecule has 0 heterocycles. The van der Waals surface area contributed by atoms with Crippen molar-refractivity contribution in [3.8, 4) is 0 Å². The summed E-state index contributed by atoms with van der Waals surface area (Å²) < 4.78 is 0. The zero-order valence-electron chi connectivity index (χ0n) is 14.5. The molecule has 1 aliphatic rings. The van der Waals surface area contributed by atoms with E-state index in [-0.39, 0.29) is 11.3 Å². The molecule has 3 N–H and O–H groups in total. The highest BCUT2D eigenvalue weighted by atomic mass is 16.2. The zero-order valence-corrected chi connectivity index (χ0v) is 14.5. The van der Waals surface area contributed by atoms with E-state index in [4.69, 9.17) is 5.73 Å². The van der Waals surface area contributed by atoms with E-state index < -0.39 is 0 Å². The van der Waals surface area contributed by atoms with Crippen molar-refractivity contribution in [3.63, 3.8) is 0 Å². The monoisotopic (exact) mass is 297 g/mol. The number of nitrogens with two attached hydrogens (primary N) is 1. The van der Waals surface area contributed by atoms with Crippen molar-refractivity contribution in [2.45, 2.75) is 65.8 Å². The van der Waals surface area contributed by atoms with Gasteiger partial charge < -0.3 is 11.1 Å². The van der Waals surface area contributed by atoms with Crippen LogP contribution in [0.15, 0.2) is 0 Å². The average Bonchev–Trinajstić information content (AvgIpc) is 2.41. The normalized spacial score (nSPS) is 23.3. The van der Waals surface area contributed by atoms with Gasteiger partial charge in [0.25, 0.3) is 0 Å². The molecule has 0 spiro atoms. The van der Waals surface area contributed by atoms with E-state index in [1.54, 1.807) is 0 Å².